The highest BCUT2D eigenvalue weighted by atomic mass is 35.5. The van der Waals surface area contributed by atoms with Gasteiger partial charge < -0.3 is 15.5 Å². The first kappa shape index (κ1) is 17.3. The molecule has 0 aliphatic carbocycles. The standard InChI is InChI=1S/C18H20ClNO3/c19-18-14(7-4-8-16(18)21)12-20-15(9-10-17(22)23)11-13-5-2-1-3-6-13/h1-8,15,20-21H,9-12H2,(H,22,23). The Balaban J connectivity index is 2.01. The van der Waals surface area contributed by atoms with Crippen LogP contribution in [0.3, 0.4) is 0 Å². The summed E-state index contributed by atoms with van der Waals surface area (Å²) in [5, 5.41) is 22.2. The van der Waals surface area contributed by atoms with E-state index < -0.39 is 5.97 Å². The predicted octanol–water partition coefficient (Wildman–Crippen LogP) is 3.61. The van der Waals surface area contributed by atoms with Gasteiger partial charge in [-0.3, -0.25) is 4.79 Å². The van der Waals surface area contributed by atoms with E-state index in [1.807, 2.05) is 36.4 Å². The van der Waals surface area contributed by atoms with Crippen molar-refractivity contribution in [3.63, 3.8) is 0 Å². The molecule has 0 aromatic heterocycles. The topological polar surface area (TPSA) is 69.6 Å². The number of hydrogen-bond donors (Lipinski definition) is 3. The lowest BCUT2D eigenvalue weighted by molar-refractivity contribution is -0.137. The van der Waals surface area contributed by atoms with E-state index in [2.05, 4.69) is 5.32 Å². The molecule has 5 heteroatoms. The van der Waals surface area contributed by atoms with Crippen molar-refractivity contribution in [1.82, 2.24) is 5.32 Å². The van der Waals surface area contributed by atoms with E-state index in [1.165, 1.54) is 6.07 Å². The minimum Gasteiger partial charge on any atom is -0.506 e. The van der Waals surface area contributed by atoms with Crippen molar-refractivity contribution in [2.75, 3.05) is 0 Å². The second-order valence-electron chi connectivity index (χ2n) is 5.45. The summed E-state index contributed by atoms with van der Waals surface area (Å²) in [7, 11) is 0. The first-order valence-electron chi connectivity index (χ1n) is 7.51. The van der Waals surface area contributed by atoms with Gasteiger partial charge in [0.1, 0.15) is 5.75 Å². The molecule has 0 aliphatic heterocycles. The van der Waals surface area contributed by atoms with Gasteiger partial charge in [-0.05, 0) is 30.0 Å². The van der Waals surface area contributed by atoms with Crippen molar-refractivity contribution in [2.45, 2.75) is 31.8 Å². The molecule has 0 radical (unpaired) electrons. The normalized spacial score (nSPS) is 12.0. The van der Waals surface area contributed by atoms with Gasteiger partial charge >= 0.3 is 5.97 Å². The molecule has 0 saturated carbocycles. The third kappa shape index (κ3) is 5.58. The second-order valence-corrected chi connectivity index (χ2v) is 5.83. The van der Waals surface area contributed by atoms with Crippen LogP contribution in [-0.4, -0.2) is 22.2 Å². The second kappa shape index (κ2) is 8.56. The van der Waals surface area contributed by atoms with E-state index in [0.29, 0.717) is 18.0 Å². The van der Waals surface area contributed by atoms with Gasteiger partial charge in [-0.1, -0.05) is 54.1 Å². The van der Waals surface area contributed by atoms with Crippen LogP contribution in [0.25, 0.3) is 0 Å². The lowest BCUT2D eigenvalue weighted by Gasteiger charge is -2.19. The van der Waals surface area contributed by atoms with Crippen LogP contribution in [0, 0.1) is 0 Å². The van der Waals surface area contributed by atoms with Crippen molar-refractivity contribution in [2.24, 2.45) is 0 Å². The Bertz CT molecular complexity index is 646. The summed E-state index contributed by atoms with van der Waals surface area (Å²) < 4.78 is 0. The van der Waals surface area contributed by atoms with E-state index in [9.17, 15) is 9.90 Å². The monoisotopic (exact) mass is 333 g/mol. The maximum atomic E-state index is 10.8. The molecule has 0 amide bonds. The Morgan fingerprint density at radius 2 is 1.87 bits per heavy atom. The number of carboxylic acid groups (broad SMARTS) is 1. The summed E-state index contributed by atoms with van der Waals surface area (Å²) in [5.74, 6) is -0.753. The lowest BCUT2D eigenvalue weighted by Crippen LogP contribution is -2.31. The van der Waals surface area contributed by atoms with Crippen LogP contribution < -0.4 is 5.32 Å². The molecule has 0 bridgehead atoms. The zero-order valence-corrected chi connectivity index (χ0v) is 13.5. The molecule has 23 heavy (non-hydrogen) atoms. The van der Waals surface area contributed by atoms with E-state index >= 15 is 0 Å². The summed E-state index contributed by atoms with van der Waals surface area (Å²) in [4.78, 5) is 10.8. The van der Waals surface area contributed by atoms with Crippen LogP contribution in [0.1, 0.15) is 24.0 Å². The summed E-state index contributed by atoms with van der Waals surface area (Å²) in [6, 6.07) is 15.1. The number of carbonyl (C=O) groups is 1. The fourth-order valence-electron chi connectivity index (χ4n) is 2.43. The largest absolute Gasteiger partial charge is 0.506 e. The maximum Gasteiger partial charge on any atom is 0.303 e. The molecule has 0 aliphatic rings. The van der Waals surface area contributed by atoms with E-state index in [4.69, 9.17) is 16.7 Å². The first-order chi connectivity index (χ1) is 11.1. The van der Waals surface area contributed by atoms with Crippen molar-refractivity contribution < 1.29 is 15.0 Å². The lowest BCUT2D eigenvalue weighted by atomic mass is 10.0. The van der Waals surface area contributed by atoms with E-state index in [1.54, 1.807) is 6.07 Å². The Morgan fingerprint density at radius 3 is 2.57 bits per heavy atom. The quantitative estimate of drug-likeness (QED) is 0.690. The average Bonchev–Trinajstić information content (AvgIpc) is 2.54. The van der Waals surface area contributed by atoms with Crippen molar-refractivity contribution >= 4 is 17.6 Å². The third-order valence-electron chi connectivity index (χ3n) is 3.67. The summed E-state index contributed by atoms with van der Waals surface area (Å²) in [6.07, 6.45) is 1.38. The number of phenolic OH excluding ortho intramolecular Hbond substituents is 1. The molecule has 2 rings (SSSR count). The predicted molar refractivity (Wildman–Crippen MR) is 90.8 cm³/mol. The van der Waals surface area contributed by atoms with Gasteiger partial charge in [0.25, 0.3) is 0 Å². The molecule has 2 aromatic rings. The highest BCUT2D eigenvalue weighted by Gasteiger charge is 2.13. The number of aliphatic carboxylic acids is 1. The van der Waals surface area contributed by atoms with Crippen LogP contribution in [0.15, 0.2) is 48.5 Å². The Kier molecular flexibility index (Phi) is 6.44. The number of aromatic hydroxyl groups is 1. The minimum atomic E-state index is -0.805. The SMILES string of the molecule is O=C(O)CCC(Cc1ccccc1)NCc1cccc(O)c1Cl. The number of phenols is 1. The fraction of sp³-hybridized carbons (Fsp3) is 0.278. The number of halogens is 1. The molecule has 0 spiro atoms. The average molecular weight is 334 g/mol. The number of nitrogens with one attached hydrogen (secondary N) is 1. The van der Waals surface area contributed by atoms with Gasteiger partial charge in [0.2, 0.25) is 0 Å². The number of carboxylic acids is 1. The molecular formula is C18H20ClNO3. The highest BCUT2D eigenvalue weighted by molar-refractivity contribution is 6.32. The summed E-state index contributed by atoms with van der Waals surface area (Å²) >= 11 is 6.08. The highest BCUT2D eigenvalue weighted by Crippen LogP contribution is 2.26. The number of benzene rings is 2. The van der Waals surface area contributed by atoms with Crippen molar-refractivity contribution in [3.05, 3.63) is 64.7 Å². The maximum absolute atomic E-state index is 10.8. The first-order valence-corrected chi connectivity index (χ1v) is 7.89. The van der Waals surface area contributed by atoms with Crippen molar-refractivity contribution in [1.29, 1.82) is 0 Å². The van der Waals surface area contributed by atoms with Gasteiger partial charge in [-0.15, -0.1) is 0 Å². The van der Waals surface area contributed by atoms with E-state index in [0.717, 1.165) is 17.5 Å². The van der Waals surface area contributed by atoms with Crippen LogP contribution in [0.4, 0.5) is 0 Å². The Hall–Kier alpha value is -2.04. The Morgan fingerprint density at radius 1 is 1.13 bits per heavy atom. The molecule has 4 nitrogen and oxygen atoms in total. The zero-order valence-electron chi connectivity index (χ0n) is 12.7. The van der Waals surface area contributed by atoms with Gasteiger partial charge in [-0.2, -0.15) is 0 Å². The fourth-order valence-corrected chi connectivity index (χ4v) is 2.62. The molecular weight excluding hydrogens is 314 g/mol. The zero-order chi connectivity index (χ0) is 16.7. The van der Waals surface area contributed by atoms with Crippen LogP contribution in [0.5, 0.6) is 5.75 Å². The summed E-state index contributed by atoms with van der Waals surface area (Å²) in [6.45, 7) is 0.477. The molecule has 1 atom stereocenters. The van der Waals surface area contributed by atoms with E-state index in [-0.39, 0.29) is 18.2 Å². The van der Waals surface area contributed by atoms with Crippen LogP contribution in [-0.2, 0) is 17.8 Å². The van der Waals surface area contributed by atoms with Gasteiger partial charge in [0.15, 0.2) is 0 Å². The number of rotatable bonds is 8. The van der Waals surface area contributed by atoms with Gasteiger partial charge in [0.05, 0.1) is 5.02 Å². The smallest absolute Gasteiger partial charge is 0.303 e. The molecule has 0 fully saturated rings. The molecule has 3 N–H and O–H groups in total. The van der Waals surface area contributed by atoms with Gasteiger partial charge in [0, 0.05) is 19.0 Å². The van der Waals surface area contributed by atoms with Crippen LogP contribution >= 0.6 is 11.6 Å². The number of hydrogen-bond acceptors (Lipinski definition) is 3. The van der Waals surface area contributed by atoms with Gasteiger partial charge in [-0.25, -0.2) is 0 Å². The Labute approximate surface area is 140 Å². The van der Waals surface area contributed by atoms with Crippen molar-refractivity contribution in [3.8, 4) is 5.75 Å². The molecule has 0 saturated heterocycles. The molecule has 0 heterocycles. The van der Waals surface area contributed by atoms with Crippen LogP contribution in [0.2, 0.25) is 5.02 Å². The molecule has 122 valence electrons. The minimum absolute atomic E-state index is 0.0203. The third-order valence-corrected chi connectivity index (χ3v) is 4.11. The summed E-state index contributed by atoms with van der Waals surface area (Å²) in [5.41, 5.74) is 1.94. The molecule has 2 aromatic carbocycles. The molecule has 1 unspecified atom stereocenters.